The van der Waals surface area contributed by atoms with Gasteiger partial charge in [-0.05, 0) is 32.7 Å². The van der Waals surface area contributed by atoms with Gasteiger partial charge in [-0.15, -0.1) is 0 Å². The van der Waals surface area contributed by atoms with E-state index in [4.69, 9.17) is 0 Å². The molecule has 0 saturated heterocycles. The quantitative estimate of drug-likeness (QED) is 0.0940. The van der Waals surface area contributed by atoms with E-state index in [1.165, 1.54) is 143 Å². The molecule has 1 atom stereocenters. The van der Waals surface area contributed by atoms with Crippen molar-refractivity contribution in [1.82, 2.24) is 0 Å². The van der Waals surface area contributed by atoms with Crippen LogP contribution >= 0.6 is 0 Å². The van der Waals surface area contributed by atoms with E-state index in [1.54, 1.807) is 17.6 Å². The number of benzene rings is 13. The molecule has 17 rings (SSSR count). The molecule has 2 aliphatic heterocycles. The van der Waals surface area contributed by atoms with Crippen LogP contribution in [-0.2, 0) is 5.41 Å². The van der Waals surface area contributed by atoms with Crippen molar-refractivity contribution in [2.24, 2.45) is 0 Å². The molecule has 73 heavy (non-hydrogen) atoms. The van der Waals surface area contributed by atoms with Gasteiger partial charge in [0.15, 0.2) is 0 Å². The average molecular weight is 1040 g/mol. The van der Waals surface area contributed by atoms with Gasteiger partial charge in [0.25, 0.3) is 0 Å². The first-order chi connectivity index (χ1) is 36.3. The molecule has 2 heterocycles. The van der Waals surface area contributed by atoms with Crippen molar-refractivity contribution in [3.63, 3.8) is 0 Å². The van der Waals surface area contributed by atoms with E-state index in [1.807, 2.05) is 0 Å². The van der Waals surface area contributed by atoms with Gasteiger partial charge in [-0.1, -0.05) is 78.9 Å². The van der Waals surface area contributed by atoms with Crippen molar-refractivity contribution >= 4 is 91.5 Å². The molecule has 0 nitrogen and oxygen atoms in total. The third kappa shape index (κ3) is 5.27. The summed E-state index contributed by atoms with van der Waals surface area (Å²) in [6.07, 6.45) is 0. The zero-order valence-electron chi connectivity index (χ0n) is 40.0. The monoisotopic (exact) mass is 1040 g/mol. The summed E-state index contributed by atoms with van der Waals surface area (Å²) in [4.78, 5) is 0. The summed E-state index contributed by atoms with van der Waals surface area (Å²) >= 11 is -2.29. The van der Waals surface area contributed by atoms with Crippen LogP contribution in [0.15, 0.2) is 243 Å². The Morgan fingerprint density at radius 2 is 0.575 bits per heavy atom. The molecule has 2 heteroatoms. The molecule has 0 fully saturated rings. The van der Waals surface area contributed by atoms with Crippen molar-refractivity contribution in [2.45, 2.75) is 5.41 Å². The van der Waals surface area contributed by atoms with Gasteiger partial charge in [0.2, 0.25) is 0 Å². The maximum absolute atomic E-state index is 2.58. The van der Waals surface area contributed by atoms with Crippen LogP contribution in [0.5, 0.6) is 0 Å². The maximum atomic E-state index is 2.58. The second-order valence-corrected chi connectivity index (χ2v) is 28.7. The van der Waals surface area contributed by atoms with E-state index in [9.17, 15) is 0 Å². The van der Waals surface area contributed by atoms with Gasteiger partial charge in [-0.3, -0.25) is 0 Å². The second kappa shape index (κ2) is 15.0. The first-order valence-electron chi connectivity index (χ1n) is 25.9. The fourth-order valence-corrected chi connectivity index (χ4v) is 23.1. The molecule has 2 aliphatic carbocycles. The molecule has 0 amide bonds. The molecular weight excluding hydrogens is 998 g/mol. The summed E-state index contributed by atoms with van der Waals surface area (Å²) in [5.41, 5.74) is 24.0. The zero-order chi connectivity index (χ0) is 47.5. The Labute approximate surface area is 436 Å². The predicted octanol–water partition coefficient (Wildman–Crippen LogP) is 13.8. The molecular formula is C71H44Ge2. The van der Waals surface area contributed by atoms with Gasteiger partial charge in [0.1, 0.15) is 0 Å². The van der Waals surface area contributed by atoms with E-state index in [-0.39, 0.29) is 0 Å². The number of rotatable bonds is 3. The van der Waals surface area contributed by atoms with Crippen LogP contribution in [0.4, 0.5) is 0 Å². The summed E-state index contributed by atoms with van der Waals surface area (Å²) in [6.45, 7) is 0. The Morgan fingerprint density at radius 3 is 1.18 bits per heavy atom. The van der Waals surface area contributed by atoms with Crippen LogP contribution in [0, 0.1) is 0 Å². The third-order valence-electron chi connectivity index (χ3n) is 17.5. The van der Waals surface area contributed by atoms with Crippen molar-refractivity contribution in [3.05, 3.63) is 265 Å². The van der Waals surface area contributed by atoms with Crippen LogP contribution < -0.4 is 17.6 Å². The third-order valence-corrected chi connectivity index (χ3v) is 25.8. The van der Waals surface area contributed by atoms with Crippen LogP contribution in [-0.4, -0.2) is 30.9 Å². The predicted molar refractivity (Wildman–Crippen MR) is 316 cm³/mol. The summed E-state index contributed by atoms with van der Waals surface area (Å²) in [5.74, 6) is 0. The van der Waals surface area contributed by atoms with E-state index < -0.39 is 36.3 Å². The van der Waals surface area contributed by atoms with Crippen LogP contribution in [0.2, 0.25) is 0 Å². The Kier molecular flexibility index (Phi) is 8.35. The SMILES string of the molecule is c1ccc2[c](c1)[GeH2][c]1cccc(-c3cccc4c(-c5cccc6c5-c5ccccc5C65c6ccccc6-c6c5c5ccccc5c5ccccc65)c5cccc(-c6ccc[c]7c6-c6cccc[c]6[GeH2]7)c5cc34)c1-2. The van der Waals surface area contributed by atoms with Gasteiger partial charge in [-0.25, -0.2) is 0 Å². The molecule has 1 unspecified atom stereocenters. The Bertz CT molecular complexity index is 4480. The summed E-state index contributed by atoms with van der Waals surface area (Å²) < 4.78 is 6.37. The van der Waals surface area contributed by atoms with Gasteiger partial charge in [0, 0.05) is 0 Å². The normalized spacial score (nSPS) is 15.7. The molecule has 4 aliphatic rings. The van der Waals surface area contributed by atoms with Crippen molar-refractivity contribution in [1.29, 1.82) is 0 Å². The Morgan fingerprint density at radius 1 is 0.205 bits per heavy atom. The van der Waals surface area contributed by atoms with Crippen molar-refractivity contribution in [2.75, 3.05) is 0 Å². The first-order valence-corrected chi connectivity index (χ1v) is 31.9. The summed E-state index contributed by atoms with van der Waals surface area (Å²) in [7, 11) is 0. The molecule has 1 spiro atoms. The van der Waals surface area contributed by atoms with Gasteiger partial charge < -0.3 is 0 Å². The molecule has 336 valence electrons. The van der Waals surface area contributed by atoms with Gasteiger partial charge >= 0.3 is 328 Å². The van der Waals surface area contributed by atoms with E-state index >= 15 is 0 Å². The molecule has 0 saturated carbocycles. The molecule has 13 aromatic rings. The molecule has 0 N–H and O–H groups in total. The minimum atomic E-state index is -1.14. The minimum absolute atomic E-state index is 0.541. The standard InChI is InChI=1S/C71H44Ge2/c1-3-20-47-41(18-1)42-19-2-4-21-50(42)70-69(47)52-23-6-10-34-59(52)71(70)58-33-9-5-22-51(58)66-55(32-15-35-60(66)71)65-48-28-13-26-43(45-30-16-38-63-67(45)53-24-7-11-36-61(53)72-63)56(48)40-57-44(27-14-29-49(57)65)46-31-17-39-64-68(46)54-25-8-12-37-62(54)73-64/h1-40H,72-73H2. The number of hydrogen-bond acceptors (Lipinski definition) is 0. The van der Waals surface area contributed by atoms with Crippen LogP contribution in [0.1, 0.15) is 22.3 Å². The fraction of sp³-hybridized carbons (Fsp3) is 0.0141. The van der Waals surface area contributed by atoms with Crippen molar-refractivity contribution in [3.8, 4) is 77.9 Å². The summed E-state index contributed by atoms with van der Waals surface area (Å²) in [5, 5.41) is 10.5. The summed E-state index contributed by atoms with van der Waals surface area (Å²) in [6, 6.07) is 94.2. The van der Waals surface area contributed by atoms with E-state index in [0.717, 1.165) is 0 Å². The molecule has 13 aromatic carbocycles. The number of fused-ring (bicyclic) bond motifs is 23. The average Bonchev–Trinajstić information content (AvgIpc) is 4.28. The molecule has 0 bridgehead atoms. The Balaban J connectivity index is 1.02. The zero-order valence-corrected chi connectivity index (χ0v) is 45.9. The fourth-order valence-electron chi connectivity index (χ4n) is 14.8. The second-order valence-electron chi connectivity index (χ2n) is 20.8. The van der Waals surface area contributed by atoms with Crippen LogP contribution in [0.25, 0.3) is 121 Å². The van der Waals surface area contributed by atoms with E-state index in [0.29, 0.717) is 0 Å². The van der Waals surface area contributed by atoms with Crippen LogP contribution in [0.3, 0.4) is 0 Å². The van der Waals surface area contributed by atoms with E-state index in [2.05, 4.69) is 243 Å². The molecule has 0 radical (unpaired) electrons. The topological polar surface area (TPSA) is 0 Å². The van der Waals surface area contributed by atoms with Gasteiger partial charge in [0.05, 0.1) is 0 Å². The van der Waals surface area contributed by atoms with Crippen molar-refractivity contribution < 1.29 is 0 Å². The first kappa shape index (κ1) is 40.6. The number of hydrogen-bond donors (Lipinski definition) is 0. The molecule has 0 aromatic heterocycles. The van der Waals surface area contributed by atoms with Gasteiger partial charge in [-0.2, -0.15) is 0 Å². The Hall–Kier alpha value is -8.01.